The van der Waals surface area contributed by atoms with Gasteiger partial charge in [-0.15, -0.1) is 0 Å². The van der Waals surface area contributed by atoms with Gasteiger partial charge >= 0.3 is 0 Å². The van der Waals surface area contributed by atoms with Crippen LogP contribution in [0.3, 0.4) is 0 Å². The number of hydrogen-bond donors (Lipinski definition) is 0. The van der Waals surface area contributed by atoms with E-state index in [1.807, 2.05) is 0 Å². The number of anilines is 3. The molecule has 0 fully saturated rings. The highest BCUT2D eigenvalue weighted by Crippen LogP contribution is 2.46. The van der Waals surface area contributed by atoms with Crippen molar-refractivity contribution in [1.29, 1.82) is 0 Å². The number of fused-ring (bicyclic) bond motifs is 10. The fraction of sp³-hybridized carbons (Fsp3) is 0. The highest BCUT2D eigenvalue weighted by molar-refractivity contribution is 6.21. The minimum absolute atomic E-state index is 0.868. The molecule has 2 heterocycles. The minimum Gasteiger partial charge on any atom is -0.455 e. The van der Waals surface area contributed by atoms with E-state index in [0.717, 1.165) is 82.8 Å². The van der Waals surface area contributed by atoms with Gasteiger partial charge in [0, 0.05) is 38.3 Å². The van der Waals surface area contributed by atoms with Crippen molar-refractivity contribution in [3.63, 3.8) is 0 Å². The van der Waals surface area contributed by atoms with Gasteiger partial charge in [-0.25, -0.2) is 0 Å². The van der Waals surface area contributed by atoms with Crippen molar-refractivity contribution in [3.8, 4) is 11.1 Å². The van der Waals surface area contributed by atoms with E-state index >= 15 is 0 Å². The first-order valence-corrected chi connectivity index (χ1v) is 15.9. The summed E-state index contributed by atoms with van der Waals surface area (Å²) >= 11 is 0. The van der Waals surface area contributed by atoms with E-state index in [4.69, 9.17) is 8.83 Å². The number of rotatable bonds is 4. The number of para-hydroxylation sites is 1. The Hall–Kier alpha value is -6.32. The van der Waals surface area contributed by atoms with Crippen LogP contribution < -0.4 is 4.90 Å². The molecule has 10 aromatic rings. The molecule has 2 aromatic heterocycles. The maximum absolute atomic E-state index is 6.59. The molecule has 0 saturated carbocycles. The van der Waals surface area contributed by atoms with E-state index in [2.05, 4.69) is 169 Å². The molecule has 0 amide bonds. The summed E-state index contributed by atoms with van der Waals surface area (Å²) in [6.07, 6.45) is 0. The summed E-state index contributed by atoms with van der Waals surface area (Å²) in [5.41, 5.74) is 9.08. The summed E-state index contributed by atoms with van der Waals surface area (Å²) in [6.45, 7) is 0. The standard InChI is InChI=1S/C44H27NO2/c1-2-14-31(15-3-1)45(38-20-10-22-40-42(38)37-26-24-29-12-5-7-18-35(29)44(37)47-40)32-16-8-13-30(27-32)33-19-9-21-39-41(33)36-25-23-28-11-4-6-17-34(28)43(36)46-39/h1-27H. The van der Waals surface area contributed by atoms with E-state index in [0.29, 0.717) is 0 Å². The molecule has 0 aliphatic carbocycles. The first kappa shape index (κ1) is 26.0. The van der Waals surface area contributed by atoms with Crippen molar-refractivity contribution in [1.82, 2.24) is 0 Å². The van der Waals surface area contributed by atoms with Crippen LogP contribution >= 0.6 is 0 Å². The van der Waals surface area contributed by atoms with E-state index in [9.17, 15) is 0 Å². The largest absolute Gasteiger partial charge is 0.455 e. The van der Waals surface area contributed by atoms with Crippen LogP contribution in [0.1, 0.15) is 0 Å². The van der Waals surface area contributed by atoms with Crippen LogP contribution in [-0.2, 0) is 0 Å². The maximum Gasteiger partial charge on any atom is 0.143 e. The van der Waals surface area contributed by atoms with E-state index in [-0.39, 0.29) is 0 Å². The lowest BCUT2D eigenvalue weighted by molar-refractivity contribution is 0.672. The van der Waals surface area contributed by atoms with Crippen LogP contribution in [0.15, 0.2) is 173 Å². The SMILES string of the molecule is c1ccc(N(c2cccc(-c3cccc4oc5c6ccccc6ccc5c34)c2)c2cccc3oc4c5ccccc5ccc4c23)cc1. The molecule has 0 saturated heterocycles. The minimum atomic E-state index is 0.868. The second kappa shape index (κ2) is 10.1. The van der Waals surface area contributed by atoms with Gasteiger partial charge in [-0.3, -0.25) is 0 Å². The number of furan rings is 2. The van der Waals surface area contributed by atoms with Crippen LogP contribution in [-0.4, -0.2) is 0 Å². The van der Waals surface area contributed by atoms with Crippen LogP contribution in [0, 0.1) is 0 Å². The van der Waals surface area contributed by atoms with Gasteiger partial charge in [-0.1, -0.05) is 109 Å². The summed E-state index contributed by atoms with van der Waals surface area (Å²) in [5.74, 6) is 0. The van der Waals surface area contributed by atoms with Crippen molar-refractivity contribution in [3.05, 3.63) is 164 Å². The maximum atomic E-state index is 6.59. The fourth-order valence-corrected chi connectivity index (χ4v) is 7.33. The molecule has 0 aliphatic heterocycles. The molecule has 10 rings (SSSR count). The number of nitrogens with zero attached hydrogens (tertiary/aromatic N) is 1. The lowest BCUT2D eigenvalue weighted by Crippen LogP contribution is -2.10. The lowest BCUT2D eigenvalue weighted by Gasteiger charge is -2.26. The Bertz CT molecular complexity index is 2810. The smallest absolute Gasteiger partial charge is 0.143 e. The molecule has 0 N–H and O–H groups in total. The zero-order valence-corrected chi connectivity index (χ0v) is 25.4. The average Bonchev–Trinajstić information content (AvgIpc) is 3.72. The first-order valence-electron chi connectivity index (χ1n) is 15.9. The molecule has 0 aliphatic rings. The normalized spacial score (nSPS) is 11.8. The van der Waals surface area contributed by atoms with Crippen molar-refractivity contribution >= 4 is 82.5 Å². The Balaban J connectivity index is 1.21. The Morgan fingerprint density at radius 1 is 0.383 bits per heavy atom. The first-order chi connectivity index (χ1) is 23.3. The van der Waals surface area contributed by atoms with Crippen LogP contribution in [0.4, 0.5) is 17.1 Å². The Morgan fingerprint density at radius 2 is 0.957 bits per heavy atom. The summed E-state index contributed by atoms with van der Waals surface area (Å²) in [4.78, 5) is 2.34. The topological polar surface area (TPSA) is 29.5 Å². The van der Waals surface area contributed by atoms with Gasteiger partial charge < -0.3 is 13.7 Å². The van der Waals surface area contributed by atoms with E-state index in [1.54, 1.807) is 0 Å². The molecular formula is C44H27NO2. The quantitative estimate of drug-likeness (QED) is 0.201. The van der Waals surface area contributed by atoms with Gasteiger partial charge in [-0.05, 0) is 76.5 Å². The van der Waals surface area contributed by atoms with Crippen LogP contribution in [0.5, 0.6) is 0 Å². The van der Waals surface area contributed by atoms with Crippen LogP contribution in [0.2, 0.25) is 0 Å². The molecule has 0 unspecified atom stereocenters. The molecule has 220 valence electrons. The third-order valence-electron chi connectivity index (χ3n) is 9.42. The van der Waals surface area contributed by atoms with Crippen LogP contribution in [0.25, 0.3) is 76.5 Å². The third kappa shape index (κ3) is 3.93. The van der Waals surface area contributed by atoms with Gasteiger partial charge in [0.25, 0.3) is 0 Å². The summed E-state index contributed by atoms with van der Waals surface area (Å²) in [5, 5.41) is 9.05. The molecule has 8 aromatic carbocycles. The molecule has 0 atom stereocenters. The average molecular weight is 602 g/mol. The second-order valence-corrected chi connectivity index (χ2v) is 12.1. The predicted molar refractivity (Wildman–Crippen MR) is 196 cm³/mol. The van der Waals surface area contributed by atoms with Crippen molar-refractivity contribution in [2.75, 3.05) is 4.90 Å². The zero-order valence-electron chi connectivity index (χ0n) is 25.4. The number of hydrogen-bond acceptors (Lipinski definition) is 3. The Morgan fingerprint density at radius 3 is 1.68 bits per heavy atom. The lowest BCUT2D eigenvalue weighted by atomic mass is 9.97. The van der Waals surface area contributed by atoms with Gasteiger partial charge in [0.1, 0.15) is 22.3 Å². The van der Waals surface area contributed by atoms with Crippen molar-refractivity contribution in [2.24, 2.45) is 0 Å². The molecule has 0 bridgehead atoms. The monoisotopic (exact) mass is 601 g/mol. The molecule has 0 spiro atoms. The Labute approximate surface area is 270 Å². The van der Waals surface area contributed by atoms with Crippen molar-refractivity contribution < 1.29 is 8.83 Å². The second-order valence-electron chi connectivity index (χ2n) is 12.1. The van der Waals surface area contributed by atoms with Gasteiger partial charge in [-0.2, -0.15) is 0 Å². The predicted octanol–water partition coefficient (Wildman–Crippen LogP) is 12.9. The van der Waals surface area contributed by atoms with Gasteiger partial charge in [0.05, 0.1) is 11.1 Å². The molecule has 0 radical (unpaired) electrons. The van der Waals surface area contributed by atoms with Gasteiger partial charge in [0.15, 0.2) is 0 Å². The molecule has 47 heavy (non-hydrogen) atoms. The highest BCUT2D eigenvalue weighted by atomic mass is 16.3. The fourth-order valence-electron chi connectivity index (χ4n) is 7.33. The number of benzene rings is 8. The highest BCUT2D eigenvalue weighted by Gasteiger charge is 2.21. The third-order valence-corrected chi connectivity index (χ3v) is 9.42. The Kier molecular flexibility index (Phi) is 5.57. The van der Waals surface area contributed by atoms with E-state index < -0.39 is 0 Å². The van der Waals surface area contributed by atoms with Crippen molar-refractivity contribution in [2.45, 2.75) is 0 Å². The summed E-state index contributed by atoms with van der Waals surface area (Å²) < 4.78 is 13.1. The van der Waals surface area contributed by atoms with Gasteiger partial charge in [0.2, 0.25) is 0 Å². The molecular weight excluding hydrogens is 574 g/mol. The molecule has 3 heteroatoms. The van der Waals surface area contributed by atoms with E-state index in [1.165, 1.54) is 10.8 Å². The summed E-state index contributed by atoms with van der Waals surface area (Å²) in [6, 6.07) is 57.7. The zero-order chi connectivity index (χ0) is 30.9. The molecule has 3 nitrogen and oxygen atoms in total. The summed E-state index contributed by atoms with van der Waals surface area (Å²) in [7, 11) is 0.